The van der Waals surface area contributed by atoms with Crippen molar-refractivity contribution in [3.05, 3.63) is 70.5 Å². The van der Waals surface area contributed by atoms with Gasteiger partial charge in [-0.25, -0.2) is 0 Å². The molecule has 3 saturated heterocycles. The third-order valence-corrected chi connectivity index (χ3v) is 11.9. The zero-order valence-corrected chi connectivity index (χ0v) is 29.3. The van der Waals surface area contributed by atoms with Gasteiger partial charge in [-0.3, -0.25) is 9.69 Å². The van der Waals surface area contributed by atoms with Gasteiger partial charge in [-0.1, -0.05) is 41.0 Å². The van der Waals surface area contributed by atoms with E-state index in [0.29, 0.717) is 44.1 Å². The van der Waals surface area contributed by atoms with E-state index in [1.54, 1.807) is 12.2 Å². The van der Waals surface area contributed by atoms with Crippen molar-refractivity contribution < 1.29 is 14.1 Å². The van der Waals surface area contributed by atoms with Crippen LogP contribution in [0.1, 0.15) is 73.8 Å². The second-order valence-electron chi connectivity index (χ2n) is 14.7. The molecule has 260 valence electrons. The fourth-order valence-electron chi connectivity index (χ4n) is 8.65. The Kier molecular flexibility index (Phi) is 8.15. The minimum atomic E-state index is -0.0536. The molecular weight excluding hydrogens is 652 g/mol. The molecule has 11 nitrogen and oxygen atoms in total. The Balaban J connectivity index is 0.971. The molecule has 4 aromatic rings. The number of fused-ring (bicyclic) bond motifs is 3. The molecule has 4 fully saturated rings. The third kappa shape index (κ3) is 5.88. The van der Waals surface area contributed by atoms with Crippen molar-refractivity contribution in [1.29, 1.82) is 0 Å². The van der Waals surface area contributed by atoms with Crippen molar-refractivity contribution in [2.24, 2.45) is 0 Å². The maximum atomic E-state index is 13.2. The van der Waals surface area contributed by atoms with E-state index in [2.05, 4.69) is 56.2 Å². The largest absolute Gasteiger partial charge is 0.461 e. The summed E-state index contributed by atoms with van der Waals surface area (Å²) >= 11 is 6.77. The number of carbonyl (C=O) groups is 1. The summed E-state index contributed by atoms with van der Waals surface area (Å²) in [5.74, 6) is 2.38. The lowest BCUT2D eigenvalue weighted by Crippen LogP contribution is -2.44. The number of ether oxygens (including phenoxy) is 1. The predicted octanol–water partition coefficient (Wildman–Crippen LogP) is 5.86. The van der Waals surface area contributed by atoms with E-state index < -0.39 is 0 Å². The molecule has 4 aliphatic heterocycles. The van der Waals surface area contributed by atoms with E-state index >= 15 is 0 Å². The van der Waals surface area contributed by atoms with Crippen molar-refractivity contribution in [2.75, 3.05) is 56.2 Å². The molecular formula is C38H43ClN8O3. The van der Waals surface area contributed by atoms with Gasteiger partial charge in [0.05, 0.1) is 22.8 Å². The fraction of sp³-hybridized carbons (Fsp3) is 0.500. The summed E-state index contributed by atoms with van der Waals surface area (Å²) in [6.45, 7) is 5.62. The van der Waals surface area contributed by atoms with Crippen LogP contribution in [0.5, 0.6) is 6.01 Å². The Morgan fingerprint density at radius 3 is 2.70 bits per heavy atom. The Hall–Kier alpha value is -4.22. The Morgan fingerprint density at radius 2 is 1.88 bits per heavy atom. The van der Waals surface area contributed by atoms with Crippen LogP contribution in [0.25, 0.3) is 16.8 Å². The van der Waals surface area contributed by atoms with E-state index in [-0.39, 0.29) is 17.5 Å². The Bertz CT molecular complexity index is 1940. The average Bonchev–Trinajstić information content (AvgIpc) is 3.48. The van der Waals surface area contributed by atoms with Crippen molar-refractivity contribution in [3.8, 4) is 6.01 Å². The van der Waals surface area contributed by atoms with Crippen molar-refractivity contribution in [2.45, 2.75) is 75.4 Å². The van der Waals surface area contributed by atoms with Gasteiger partial charge in [-0.15, -0.1) is 0 Å². The number of anilines is 2. The van der Waals surface area contributed by atoms with Crippen LogP contribution in [0, 0.1) is 0 Å². The number of hydrogen-bond acceptors (Lipinski definition) is 10. The summed E-state index contributed by atoms with van der Waals surface area (Å²) in [5.41, 5.74) is 3.34. The van der Waals surface area contributed by atoms with Crippen LogP contribution in [0.15, 0.2) is 47.0 Å². The molecule has 9 rings (SSSR count). The number of rotatable bonds is 9. The first kappa shape index (κ1) is 31.7. The Labute approximate surface area is 297 Å². The zero-order valence-electron chi connectivity index (χ0n) is 28.6. The van der Waals surface area contributed by atoms with Gasteiger partial charge in [0.15, 0.2) is 5.82 Å². The second kappa shape index (κ2) is 12.8. The summed E-state index contributed by atoms with van der Waals surface area (Å²) in [5, 5.41) is 7.00. The lowest BCUT2D eigenvalue weighted by Gasteiger charge is -2.35. The van der Waals surface area contributed by atoms with Crippen LogP contribution >= 0.6 is 11.6 Å². The number of hydrogen-bond donors (Lipinski definition) is 0. The first-order valence-corrected chi connectivity index (χ1v) is 18.6. The number of halogens is 1. The minimum absolute atomic E-state index is 0.0536. The zero-order chi connectivity index (χ0) is 33.8. The summed E-state index contributed by atoms with van der Waals surface area (Å²) in [6.07, 6.45) is 11.8. The maximum Gasteiger partial charge on any atom is 0.318 e. The number of likely N-dealkylation sites (N-methyl/N-ethyl adjacent to an activating group) is 1. The van der Waals surface area contributed by atoms with Crippen LogP contribution in [-0.2, 0) is 17.8 Å². The quantitative estimate of drug-likeness (QED) is 0.198. The average molecular weight is 695 g/mol. The molecule has 6 heterocycles. The van der Waals surface area contributed by atoms with Gasteiger partial charge >= 0.3 is 6.01 Å². The lowest BCUT2D eigenvalue weighted by atomic mass is 9.95. The summed E-state index contributed by atoms with van der Waals surface area (Å²) in [7, 11) is 2.10. The highest BCUT2D eigenvalue weighted by Crippen LogP contribution is 2.41. The van der Waals surface area contributed by atoms with Crippen LogP contribution in [0.2, 0.25) is 5.02 Å². The maximum absolute atomic E-state index is 13.2. The summed E-state index contributed by atoms with van der Waals surface area (Å²) in [6, 6.07) is 13.0. The number of carbonyl (C=O) groups excluding carboxylic acids is 1. The van der Waals surface area contributed by atoms with Crippen molar-refractivity contribution in [3.63, 3.8) is 0 Å². The SMILES string of the molecule is CN(c1nc(OCC23CCCN2CCC3)nc2c1CCN(c1cccc3cccc(Cl)c13)C2)[C@@H]1CCN(C(=O)/C=C/c2nc(C3CC3)no2)C1. The van der Waals surface area contributed by atoms with E-state index in [1.165, 1.54) is 12.8 Å². The fourth-order valence-corrected chi connectivity index (χ4v) is 8.93. The van der Waals surface area contributed by atoms with Gasteiger partial charge in [0.25, 0.3) is 5.89 Å². The van der Waals surface area contributed by atoms with Crippen LogP contribution in [0.4, 0.5) is 11.5 Å². The first-order chi connectivity index (χ1) is 24.4. The minimum Gasteiger partial charge on any atom is -0.461 e. The number of nitrogens with zero attached hydrogens (tertiary/aromatic N) is 8. The smallest absolute Gasteiger partial charge is 0.318 e. The molecule has 0 N–H and O–H groups in total. The highest BCUT2D eigenvalue weighted by atomic mass is 35.5. The standard InChI is InChI=1S/C38H43ClN8O3/c1-44(27-14-20-46(22-27)33(48)13-12-32-41-35(43-50-32)26-10-11-26)36-28-15-21-45(31-9-3-7-25-6-2-8-29(39)34(25)31)23-30(28)40-37(42-36)49-24-38-16-4-18-47(38)19-5-17-38/h2-3,6-9,12-13,26-27H,4-5,10-11,14-24H2,1H3/b13-12+/t27-/m1/s1. The van der Waals surface area contributed by atoms with E-state index in [0.717, 1.165) is 103 Å². The molecule has 2 aromatic heterocycles. The summed E-state index contributed by atoms with van der Waals surface area (Å²) < 4.78 is 11.9. The molecule has 0 radical (unpaired) electrons. The van der Waals surface area contributed by atoms with Crippen LogP contribution in [-0.4, -0.2) is 93.8 Å². The summed E-state index contributed by atoms with van der Waals surface area (Å²) in [4.78, 5) is 37.0. The molecule has 1 amide bonds. The van der Waals surface area contributed by atoms with Gasteiger partial charge in [-0.05, 0) is 82.0 Å². The molecule has 2 aromatic carbocycles. The van der Waals surface area contributed by atoms with Gasteiger partial charge in [0.1, 0.15) is 12.4 Å². The van der Waals surface area contributed by atoms with Gasteiger partial charge in [-0.2, -0.15) is 15.0 Å². The number of likely N-dealkylation sites (tertiary alicyclic amines) is 1. The molecule has 50 heavy (non-hydrogen) atoms. The van der Waals surface area contributed by atoms with E-state index in [1.807, 2.05) is 17.0 Å². The molecule has 1 aliphatic carbocycles. The molecule has 1 saturated carbocycles. The molecule has 12 heteroatoms. The molecule has 1 atom stereocenters. The topological polar surface area (TPSA) is 104 Å². The number of aromatic nitrogens is 4. The number of amides is 1. The second-order valence-corrected chi connectivity index (χ2v) is 15.1. The highest BCUT2D eigenvalue weighted by molar-refractivity contribution is 6.36. The Morgan fingerprint density at radius 1 is 1.06 bits per heavy atom. The highest BCUT2D eigenvalue weighted by Gasteiger charge is 2.45. The molecule has 0 unspecified atom stereocenters. The van der Waals surface area contributed by atoms with Gasteiger partial charge in [0.2, 0.25) is 5.91 Å². The molecule has 5 aliphatic rings. The monoisotopic (exact) mass is 694 g/mol. The normalized spacial score (nSPS) is 21.7. The lowest BCUT2D eigenvalue weighted by molar-refractivity contribution is -0.124. The van der Waals surface area contributed by atoms with Gasteiger partial charge < -0.3 is 24.0 Å². The predicted molar refractivity (Wildman–Crippen MR) is 193 cm³/mol. The van der Waals surface area contributed by atoms with Crippen LogP contribution < -0.4 is 14.5 Å². The van der Waals surface area contributed by atoms with E-state index in [9.17, 15) is 4.79 Å². The molecule has 0 bridgehead atoms. The third-order valence-electron chi connectivity index (χ3n) is 11.6. The number of benzene rings is 2. The van der Waals surface area contributed by atoms with Crippen LogP contribution in [0.3, 0.4) is 0 Å². The van der Waals surface area contributed by atoms with E-state index in [4.69, 9.17) is 30.8 Å². The van der Waals surface area contributed by atoms with Crippen molar-refractivity contribution >= 4 is 45.9 Å². The van der Waals surface area contributed by atoms with Gasteiger partial charge in [0, 0.05) is 67.4 Å². The molecule has 0 spiro atoms. The first-order valence-electron chi connectivity index (χ1n) is 18.2. The van der Waals surface area contributed by atoms with Crippen molar-refractivity contribution in [1.82, 2.24) is 29.9 Å².